The van der Waals surface area contributed by atoms with Gasteiger partial charge in [-0.3, -0.25) is 4.79 Å². The minimum Gasteiger partial charge on any atom is -0.480 e. The number of nitrogens with one attached hydrogen (secondary N) is 1. The molecular weight excluding hydrogens is 338 g/mol. The molecule has 0 aliphatic heterocycles. The van der Waals surface area contributed by atoms with Crippen molar-refractivity contribution in [2.75, 3.05) is 0 Å². The van der Waals surface area contributed by atoms with Crippen LogP contribution in [0.25, 0.3) is 0 Å². The third-order valence-corrected chi connectivity index (χ3v) is 4.45. The Bertz CT molecular complexity index is 735. The Kier molecular flexibility index (Phi) is 7.17. The van der Waals surface area contributed by atoms with Gasteiger partial charge in [0.1, 0.15) is 6.04 Å². The SMILES string of the molecule is CC(C)(C)C[C@H](Cc1ccccc1)C(=O)N[C@H](Cc1ccccc1)C(=O)O. The highest BCUT2D eigenvalue weighted by molar-refractivity contribution is 5.85. The summed E-state index contributed by atoms with van der Waals surface area (Å²) in [6.45, 7) is 6.28. The Morgan fingerprint density at radius 2 is 1.37 bits per heavy atom. The zero-order chi connectivity index (χ0) is 19.9. The van der Waals surface area contributed by atoms with Crippen molar-refractivity contribution >= 4 is 11.9 Å². The molecule has 0 fully saturated rings. The summed E-state index contributed by atoms with van der Waals surface area (Å²) in [5.74, 6) is -1.48. The number of hydrogen-bond acceptors (Lipinski definition) is 2. The number of amides is 1. The zero-order valence-electron chi connectivity index (χ0n) is 16.3. The van der Waals surface area contributed by atoms with E-state index in [1.807, 2.05) is 60.7 Å². The molecule has 0 heterocycles. The number of carbonyl (C=O) groups excluding carboxylic acids is 1. The molecule has 0 spiro atoms. The first-order chi connectivity index (χ1) is 12.7. The molecule has 27 heavy (non-hydrogen) atoms. The van der Waals surface area contributed by atoms with Gasteiger partial charge in [-0.2, -0.15) is 0 Å². The molecule has 0 radical (unpaired) electrons. The van der Waals surface area contributed by atoms with Crippen LogP contribution in [0.15, 0.2) is 60.7 Å². The van der Waals surface area contributed by atoms with Crippen LogP contribution in [0.3, 0.4) is 0 Å². The predicted molar refractivity (Wildman–Crippen MR) is 107 cm³/mol. The number of rotatable bonds is 8. The average molecular weight is 367 g/mol. The number of benzene rings is 2. The summed E-state index contributed by atoms with van der Waals surface area (Å²) in [6.07, 6.45) is 1.56. The van der Waals surface area contributed by atoms with Crippen molar-refractivity contribution < 1.29 is 14.7 Å². The van der Waals surface area contributed by atoms with Gasteiger partial charge in [-0.05, 0) is 29.4 Å². The number of hydrogen-bond donors (Lipinski definition) is 2. The average Bonchev–Trinajstić information content (AvgIpc) is 2.61. The molecule has 144 valence electrons. The first-order valence-corrected chi connectivity index (χ1v) is 9.35. The monoisotopic (exact) mass is 367 g/mol. The van der Waals surface area contributed by atoms with Crippen LogP contribution >= 0.6 is 0 Å². The van der Waals surface area contributed by atoms with Crippen LogP contribution in [0.1, 0.15) is 38.3 Å². The van der Waals surface area contributed by atoms with E-state index >= 15 is 0 Å². The number of aliphatic carboxylic acids is 1. The Labute approximate surface area is 161 Å². The molecule has 4 heteroatoms. The van der Waals surface area contributed by atoms with Gasteiger partial charge in [-0.25, -0.2) is 4.79 Å². The van der Waals surface area contributed by atoms with Crippen molar-refractivity contribution in [1.82, 2.24) is 5.32 Å². The molecule has 4 nitrogen and oxygen atoms in total. The Balaban J connectivity index is 2.12. The molecule has 0 aliphatic rings. The molecule has 2 aromatic carbocycles. The lowest BCUT2D eigenvalue weighted by atomic mass is 9.81. The minimum atomic E-state index is -1.01. The van der Waals surface area contributed by atoms with Gasteiger partial charge < -0.3 is 10.4 Å². The van der Waals surface area contributed by atoms with E-state index in [0.717, 1.165) is 11.1 Å². The lowest BCUT2D eigenvalue weighted by Gasteiger charge is -2.27. The second kappa shape index (κ2) is 9.36. The highest BCUT2D eigenvalue weighted by atomic mass is 16.4. The van der Waals surface area contributed by atoms with E-state index in [1.165, 1.54) is 0 Å². The molecule has 2 aromatic rings. The standard InChI is InChI=1S/C23H29NO3/c1-23(2,3)16-19(14-17-10-6-4-7-11-17)21(25)24-20(22(26)27)15-18-12-8-5-9-13-18/h4-13,19-20H,14-16H2,1-3H3,(H,24,25)(H,26,27)/t19-,20+/m0/s1. The fourth-order valence-electron chi connectivity index (χ4n) is 3.23. The third-order valence-electron chi connectivity index (χ3n) is 4.45. The largest absolute Gasteiger partial charge is 0.480 e. The molecule has 1 amide bonds. The number of carbonyl (C=O) groups is 2. The van der Waals surface area contributed by atoms with Crippen molar-refractivity contribution in [2.24, 2.45) is 11.3 Å². The zero-order valence-corrected chi connectivity index (χ0v) is 16.3. The Morgan fingerprint density at radius 1 is 0.889 bits per heavy atom. The molecule has 0 aliphatic carbocycles. The van der Waals surface area contributed by atoms with Gasteiger partial charge in [0.25, 0.3) is 0 Å². The van der Waals surface area contributed by atoms with E-state index in [-0.39, 0.29) is 23.7 Å². The van der Waals surface area contributed by atoms with Gasteiger partial charge in [0.2, 0.25) is 5.91 Å². The summed E-state index contributed by atoms with van der Waals surface area (Å²) in [7, 11) is 0. The van der Waals surface area contributed by atoms with Gasteiger partial charge >= 0.3 is 5.97 Å². The molecule has 2 N–H and O–H groups in total. The van der Waals surface area contributed by atoms with Crippen molar-refractivity contribution in [1.29, 1.82) is 0 Å². The van der Waals surface area contributed by atoms with Crippen LogP contribution in [0.2, 0.25) is 0 Å². The van der Waals surface area contributed by atoms with Gasteiger partial charge in [0.05, 0.1) is 0 Å². The second-order valence-corrected chi connectivity index (χ2v) is 8.24. The van der Waals surface area contributed by atoms with Gasteiger partial charge in [-0.15, -0.1) is 0 Å². The number of carboxylic acid groups (broad SMARTS) is 1. The molecule has 2 atom stereocenters. The van der Waals surface area contributed by atoms with Crippen molar-refractivity contribution in [3.8, 4) is 0 Å². The number of carboxylic acids is 1. The van der Waals surface area contributed by atoms with E-state index in [1.54, 1.807) is 0 Å². The Morgan fingerprint density at radius 3 is 1.81 bits per heavy atom. The third kappa shape index (κ3) is 7.26. The van der Waals surface area contributed by atoms with Crippen LogP contribution in [0.4, 0.5) is 0 Å². The molecule has 0 saturated heterocycles. The van der Waals surface area contributed by atoms with E-state index in [4.69, 9.17) is 0 Å². The summed E-state index contributed by atoms with van der Waals surface area (Å²) in [4.78, 5) is 24.6. The summed E-state index contributed by atoms with van der Waals surface area (Å²) < 4.78 is 0. The van der Waals surface area contributed by atoms with Crippen LogP contribution in [0, 0.1) is 11.3 Å². The topological polar surface area (TPSA) is 66.4 Å². The van der Waals surface area contributed by atoms with Crippen molar-refractivity contribution in [3.05, 3.63) is 71.8 Å². The molecule has 2 rings (SSSR count). The minimum absolute atomic E-state index is 0.0328. The molecule has 0 bridgehead atoms. The van der Waals surface area contributed by atoms with E-state index < -0.39 is 12.0 Å². The first-order valence-electron chi connectivity index (χ1n) is 9.35. The van der Waals surface area contributed by atoms with E-state index in [2.05, 4.69) is 26.1 Å². The summed E-state index contributed by atoms with van der Waals surface area (Å²) in [6, 6.07) is 18.3. The molecule has 0 aromatic heterocycles. The van der Waals surface area contributed by atoms with Crippen LogP contribution in [-0.2, 0) is 22.4 Å². The van der Waals surface area contributed by atoms with E-state index in [9.17, 15) is 14.7 Å². The lowest BCUT2D eigenvalue weighted by molar-refractivity contribution is -0.142. The summed E-state index contributed by atoms with van der Waals surface area (Å²) in [5, 5.41) is 12.3. The van der Waals surface area contributed by atoms with Crippen LogP contribution < -0.4 is 5.32 Å². The van der Waals surface area contributed by atoms with Gasteiger partial charge in [0, 0.05) is 12.3 Å². The quantitative estimate of drug-likeness (QED) is 0.738. The van der Waals surface area contributed by atoms with Crippen molar-refractivity contribution in [2.45, 2.75) is 46.1 Å². The fourth-order valence-corrected chi connectivity index (χ4v) is 3.23. The summed E-state index contributed by atoms with van der Waals surface area (Å²) >= 11 is 0. The summed E-state index contributed by atoms with van der Waals surface area (Å²) in [5.41, 5.74) is 1.94. The van der Waals surface area contributed by atoms with Crippen LogP contribution in [-0.4, -0.2) is 23.0 Å². The van der Waals surface area contributed by atoms with Crippen molar-refractivity contribution in [3.63, 3.8) is 0 Å². The molecule has 0 unspecified atom stereocenters. The van der Waals surface area contributed by atoms with Gasteiger partial charge in [0.15, 0.2) is 0 Å². The first kappa shape index (κ1) is 20.7. The maximum Gasteiger partial charge on any atom is 0.326 e. The molecular formula is C23H29NO3. The maximum atomic E-state index is 13.0. The smallest absolute Gasteiger partial charge is 0.326 e. The molecule has 0 saturated carbocycles. The van der Waals surface area contributed by atoms with Crippen LogP contribution in [0.5, 0.6) is 0 Å². The Hall–Kier alpha value is -2.62. The normalized spacial score (nSPS) is 13.6. The van der Waals surface area contributed by atoms with Gasteiger partial charge in [-0.1, -0.05) is 81.4 Å². The lowest BCUT2D eigenvalue weighted by Crippen LogP contribution is -2.46. The highest BCUT2D eigenvalue weighted by Crippen LogP contribution is 2.27. The highest BCUT2D eigenvalue weighted by Gasteiger charge is 2.29. The fraction of sp³-hybridized carbons (Fsp3) is 0.391. The maximum absolute atomic E-state index is 13.0. The van der Waals surface area contributed by atoms with E-state index in [0.29, 0.717) is 12.8 Å². The second-order valence-electron chi connectivity index (χ2n) is 8.24. The predicted octanol–water partition coefficient (Wildman–Crippen LogP) is 4.09.